The van der Waals surface area contributed by atoms with Gasteiger partial charge in [0, 0.05) is 18.5 Å². The first-order valence-electron chi connectivity index (χ1n) is 6.47. The molecule has 0 aliphatic heterocycles. The van der Waals surface area contributed by atoms with Gasteiger partial charge in [-0.25, -0.2) is 0 Å². The summed E-state index contributed by atoms with van der Waals surface area (Å²) in [6, 6.07) is 7.07. The van der Waals surface area contributed by atoms with Crippen molar-refractivity contribution in [3.63, 3.8) is 0 Å². The third kappa shape index (κ3) is 3.62. The van der Waals surface area contributed by atoms with E-state index in [1.165, 1.54) is 18.4 Å². The lowest BCUT2D eigenvalue weighted by molar-refractivity contribution is -0.120. The Hall–Kier alpha value is -1.77. The summed E-state index contributed by atoms with van der Waals surface area (Å²) in [5.41, 5.74) is 2.00. The minimum Gasteiger partial charge on any atom is -0.508 e. The van der Waals surface area contributed by atoms with Gasteiger partial charge in [0.2, 0.25) is 5.91 Å². The van der Waals surface area contributed by atoms with Gasteiger partial charge in [0.25, 0.3) is 0 Å². The van der Waals surface area contributed by atoms with Crippen molar-refractivity contribution in [3.8, 4) is 5.75 Å². The maximum atomic E-state index is 11.8. The second kappa shape index (κ2) is 6.24. The molecule has 0 saturated carbocycles. The molecule has 1 aliphatic carbocycles. The number of nitrogens with one attached hydrogen (secondary N) is 1. The average molecular weight is 245 g/mol. The van der Waals surface area contributed by atoms with Gasteiger partial charge in [-0.2, -0.15) is 0 Å². The quantitative estimate of drug-likeness (QED) is 0.801. The van der Waals surface area contributed by atoms with Crippen LogP contribution in [0.1, 0.15) is 37.7 Å². The van der Waals surface area contributed by atoms with Crippen molar-refractivity contribution in [2.45, 2.75) is 38.6 Å². The Balaban J connectivity index is 1.81. The summed E-state index contributed by atoms with van der Waals surface area (Å²) < 4.78 is 0. The molecule has 0 atom stereocenters. The molecule has 0 spiro atoms. The van der Waals surface area contributed by atoms with E-state index in [1.54, 1.807) is 12.1 Å². The van der Waals surface area contributed by atoms with Crippen LogP contribution < -0.4 is 5.32 Å². The lowest BCUT2D eigenvalue weighted by Crippen LogP contribution is -2.23. The van der Waals surface area contributed by atoms with E-state index in [1.807, 2.05) is 12.1 Å². The fraction of sp³-hybridized carbons (Fsp3) is 0.400. The smallest absolute Gasteiger partial charge is 0.224 e. The second-order valence-electron chi connectivity index (χ2n) is 4.69. The number of benzene rings is 1. The monoisotopic (exact) mass is 245 g/mol. The van der Waals surface area contributed by atoms with Crippen LogP contribution in [0.3, 0.4) is 0 Å². The number of aromatic hydroxyl groups is 1. The number of allylic oxidation sites excluding steroid dienone is 1. The van der Waals surface area contributed by atoms with Crippen molar-refractivity contribution in [2.75, 3.05) is 0 Å². The highest BCUT2D eigenvalue weighted by atomic mass is 16.3. The van der Waals surface area contributed by atoms with E-state index < -0.39 is 0 Å². The predicted octanol–water partition coefficient (Wildman–Crippen LogP) is 2.90. The zero-order valence-electron chi connectivity index (χ0n) is 10.5. The molecule has 0 heterocycles. The number of para-hydroxylation sites is 1. The van der Waals surface area contributed by atoms with Crippen molar-refractivity contribution >= 4 is 5.91 Å². The van der Waals surface area contributed by atoms with Gasteiger partial charge in [0.15, 0.2) is 0 Å². The molecule has 0 saturated heterocycles. The summed E-state index contributed by atoms with van der Waals surface area (Å²) in [6.07, 6.45) is 7.25. The van der Waals surface area contributed by atoms with Crippen molar-refractivity contribution < 1.29 is 9.90 Å². The average Bonchev–Trinajstić information content (AvgIpc) is 2.39. The van der Waals surface area contributed by atoms with E-state index in [0.29, 0.717) is 13.0 Å². The van der Waals surface area contributed by atoms with Crippen LogP contribution in [-0.2, 0) is 11.3 Å². The van der Waals surface area contributed by atoms with Crippen molar-refractivity contribution in [1.29, 1.82) is 0 Å². The van der Waals surface area contributed by atoms with Gasteiger partial charge in [-0.3, -0.25) is 4.79 Å². The zero-order chi connectivity index (χ0) is 12.8. The summed E-state index contributed by atoms with van der Waals surface area (Å²) in [4.78, 5) is 11.8. The van der Waals surface area contributed by atoms with Crippen LogP contribution in [0, 0.1) is 0 Å². The van der Waals surface area contributed by atoms with E-state index in [4.69, 9.17) is 0 Å². The van der Waals surface area contributed by atoms with Gasteiger partial charge >= 0.3 is 0 Å². The molecule has 0 bridgehead atoms. The van der Waals surface area contributed by atoms with Crippen LogP contribution in [0.4, 0.5) is 0 Å². The highest BCUT2D eigenvalue weighted by Crippen LogP contribution is 2.20. The van der Waals surface area contributed by atoms with E-state index >= 15 is 0 Å². The summed E-state index contributed by atoms with van der Waals surface area (Å²) in [6.45, 7) is 0.388. The van der Waals surface area contributed by atoms with Crippen LogP contribution >= 0.6 is 0 Å². The van der Waals surface area contributed by atoms with Crippen molar-refractivity contribution in [3.05, 3.63) is 41.5 Å². The first kappa shape index (κ1) is 12.7. The number of phenolic OH excluding ortho intramolecular Hbond substituents is 1. The first-order chi connectivity index (χ1) is 8.75. The summed E-state index contributed by atoms with van der Waals surface area (Å²) in [5.74, 6) is 0.265. The molecule has 1 aromatic rings. The molecule has 3 nitrogen and oxygen atoms in total. The molecule has 1 aromatic carbocycles. The number of rotatable bonds is 4. The lowest BCUT2D eigenvalue weighted by atomic mass is 9.97. The molecule has 0 radical (unpaired) electrons. The maximum absolute atomic E-state index is 11.8. The molecular formula is C15H19NO2. The summed E-state index contributed by atoms with van der Waals surface area (Å²) in [7, 11) is 0. The highest BCUT2D eigenvalue weighted by Gasteiger charge is 2.09. The van der Waals surface area contributed by atoms with Crippen LogP contribution in [0.2, 0.25) is 0 Å². The number of amides is 1. The molecule has 0 unspecified atom stereocenters. The van der Waals surface area contributed by atoms with Gasteiger partial charge in [-0.05, 0) is 31.7 Å². The largest absolute Gasteiger partial charge is 0.508 e. The first-order valence-corrected chi connectivity index (χ1v) is 6.47. The van der Waals surface area contributed by atoms with Crippen LogP contribution in [-0.4, -0.2) is 11.0 Å². The molecular weight excluding hydrogens is 226 g/mol. The van der Waals surface area contributed by atoms with E-state index in [-0.39, 0.29) is 11.7 Å². The van der Waals surface area contributed by atoms with Crippen LogP contribution in [0.5, 0.6) is 5.75 Å². The zero-order valence-corrected chi connectivity index (χ0v) is 10.5. The Kier molecular flexibility index (Phi) is 4.40. The second-order valence-corrected chi connectivity index (χ2v) is 4.69. The molecule has 3 heteroatoms. The maximum Gasteiger partial charge on any atom is 0.224 e. The molecule has 2 N–H and O–H groups in total. The molecule has 96 valence electrons. The van der Waals surface area contributed by atoms with Crippen LogP contribution in [0.15, 0.2) is 35.9 Å². The topological polar surface area (TPSA) is 49.3 Å². The third-order valence-corrected chi connectivity index (χ3v) is 3.24. The van der Waals surface area contributed by atoms with Gasteiger partial charge < -0.3 is 10.4 Å². The molecule has 1 aliphatic rings. The predicted molar refractivity (Wildman–Crippen MR) is 71.1 cm³/mol. The van der Waals surface area contributed by atoms with Gasteiger partial charge in [0.05, 0.1) is 0 Å². The number of carbonyl (C=O) groups excluding carboxylic acids is 1. The van der Waals surface area contributed by atoms with Crippen LogP contribution in [0.25, 0.3) is 0 Å². The normalized spacial score (nSPS) is 15.0. The number of carbonyl (C=O) groups is 1. The standard InChI is InChI=1S/C15H19NO2/c17-14-9-5-4-8-13(14)11-16-15(18)10-12-6-2-1-3-7-12/h4-6,8-9,17H,1-3,7,10-11H2,(H,16,18). The Bertz CT molecular complexity index is 452. The number of hydrogen-bond acceptors (Lipinski definition) is 2. The molecule has 18 heavy (non-hydrogen) atoms. The van der Waals surface area contributed by atoms with E-state index in [0.717, 1.165) is 18.4 Å². The Morgan fingerprint density at radius 3 is 2.83 bits per heavy atom. The SMILES string of the molecule is O=C(CC1=CCCCC1)NCc1ccccc1O. The Labute approximate surface area is 108 Å². The van der Waals surface area contributed by atoms with Crippen molar-refractivity contribution in [1.82, 2.24) is 5.32 Å². The number of phenols is 1. The fourth-order valence-electron chi connectivity index (χ4n) is 2.19. The molecule has 1 amide bonds. The Morgan fingerprint density at radius 1 is 1.28 bits per heavy atom. The van der Waals surface area contributed by atoms with Gasteiger partial charge in [-0.15, -0.1) is 0 Å². The minimum absolute atomic E-state index is 0.0337. The van der Waals surface area contributed by atoms with Gasteiger partial charge in [-0.1, -0.05) is 29.8 Å². The highest BCUT2D eigenvalue weighted by molar-refractivity contribution is 5.78. The third-order valence-electron chi connectivity index (χ3n) is 3.24. The lowest BCUT2D eigenvalue weighted by Gasteiger charge is -2.12. The number of hydrogen-bond donors (Lipinski definition) is 2. The summed E-state index contributed by atoms with van der Waals surface area (Å²) in [5, 5.41) is 12.4. The van der Waals surface area contributed by atoms with Gasteiger partial charge in [0.1, 0.15) is 5.75 Å². The summed E-state index contributed by atoms with van der Waals surface area (Å²) >= 11 is 0. The van der Waals surface area contributed by atoms with E-state index in [2.05, 4.69) is 11.4 Å². The molecule has 0 aromatic heterocycles. The fourth-order valence-corrected chi connectivity index (χ4v) is 2.19. The minimum atomic E-state index is 0.0337. The molecule has 0 fully saturated rings. The Morgan fingerprint density at radius 2 is 2.11 bits per heavy atom. The van der Waals surface area contributed by atoms with Crippen molar-refractivity contribution in [2.24, 2.45) is 0 Å². The van der Waals surface area contributed by atoms with E-state index in [9.17, 15) is 9.90 Å². The molecule has 2 rings (SSSR count).